The van der Waals surface area contributed by atoms with Crippen LogP contribution in [0.3, 0.4) is 0 Å². The van der Waals surface area contributed by atoms with Gasteiger partial charge in [-0.3, -0.25) is 0 Å². The van der Waals surface area contributed by atoms with Crippen LogP contribution in [0.15, 0.2) is 30.3 Å². The number of benzene rings is 1. The molecule has 0 aliphatic heterocycles. The van der Waals surface area contributed by atoms with E-state index in [-0.39, 0.29) is 6.10 Å². The van der Waals surface area contributed by atoms with Gasteiger partial charge in [0, 0.05) is 5.56 Å². The maximum Gasteiger partial charge on any atom is 0.126 e. The van der Waals surface area contributed by atoms with Crippen LogP contribution < -0.4 is 10.1 Å². The normalized spacial score (nSPS) is 11.3. The third-order valence-electron chi connectivity index (χ3n) is 2.49. The maximum absolute atomic E-state index is 5.77. The van der Waals surface area contributed by atoms with Gasteiger partial charge in [-0.1, -0.05) is 37.3 Å². The Kier molecular flexibility index (Phi) is 7.19. The van der Waals surface area contributed by atoms with Crippen molar-refractivity contribution in [2.45, 2.75) is 39.7 Å². The van der Waals surface area contributed by atoms with Gasteiger partial charge in [0.25, 0.3) is 0 Å². The van der Waals surface area contributed by atoms with Gasteiger partial charge >= 0.3 is 0 Å². The Morgan fingerprint density at radius 3 is 2.72 bits per heavy atom. The van der Waals surface area contributed by atoms with E-state index in [2.05, 4.69) is 44.3 Å². The van der Waals surface area contributed by atoms with E-state index in [0.29, 0.717) is 0 Å². The van der Waals surface area contributed by atoms with Crippen molar-refractivity contribution in [1.29, 1.82) is 0 Å². The first kappa shape index (κ1) is 14.8. The second-order valence-corrected chi connectivity index (χ2v) is 4.65. The molecule has 1 rings (SSSR count). The lowest BCUT2D eigenvalue weighted by atomic mass is 10.1. The number of nitrogens with one attached hydrogen (secondary N) is 1. The van der Waals surface area contributed by atoms with E-state index < -0.39 is 0 Å². The van der Waals surface area contributed by atoms with Gasteiger partial charge in [0.1, 0.15) is 5.75 Å². The molecule has 0 atom stereocenters. The fourth-order valence-corrected chi connectivity index (χ4v) is 1.68. The fraction of sp³-hybridized carbons (Fsp3) is 0.500. The van der Waals surface area contributed by atoms with Crippen LogP contribution in [-0.2, 0) is 0 Å². The molecule has 0 aliphatic rings. The first-order valence-electron chi connectivity index (χ1n) is 6.87. The molecule has 0 aromatic heterocycles. The van der Waals surface area contributed by atoms with Gasteiger partial charge in [0.2, 0.25) is 0 Å². The minimum Gasteiger partial charge on any atom is -0.490 e. The molecule has 18 heavy (non-hydrogen) atoms. The summed E-state index contributed by atoms with van der Waals surface area (Å²) in [6.07, 6.45) is 6.80. The SMILES string of the molecule is CCCNCCC=Cc1ccccc1OC(C)C. The third-order valence-corrected chi connectivity index (χ3v) is 2.49. The van der Waals surface area contributed by atoms with Crippen molar-refractivity contribution in [3.05, 3.63) is 35.9 Å². The molecule has 1 N–H and O–H groups in total. The minimum absolute atomic E-state index is 0.214. The van der Waals surface area contributed by atoms with Gasteiger partial charge in [0.05, 0.1) is 6.10 Å². The number of hydrogen-bond donors (Lipinski definition) is 1. The van der Waals surface area contributed by atoms with Gasteiger partial charge in [-0.25, -0.2) is 0 Å². The lowest BCUT2D eigenvalue weighted by Gasteiger charge is -2.12. The van der Waals surface area contributed by atoms with Crippen molar-refractivity contribution in [2.24, 2.45) is 0 Å². The quantitative estimate of drug-likeness (QED) is 0.704. The second kappa shape index (κ2) is 8.76. The average molecular weight is 247 g/mol. The second-order valence-electron chi connectivity index (χ2n) is 4.65. The first-order chi connectivity index (χ1) is 8.74. The molecule has 0 heterocycles. The Morgan fingerprint density at radius 2 is 2.00 bits per heavy atom. The van der Waals surface area contributed by atoms with Crippen LogP contribution in [0.4, 0.5) is 0 Å². The van der Waals surface area contributed by atoms with Gasteiger partial charge in [-0.05, 0) is 45.8 Å². The highest BCUT2D eigenvalue weighted by Gasteiger charge is 2.01. The Morgan fingerprint density at radius 1 is 1.22 bits per heavy atom. The van der Waals surface area contributed by atoms with Gasteiger partial charge in [0.15, 0.2) is 0 Å². The van der Waals surface area contributed by atoms with E-state index in [1.807, 2.05) is 18.2 Å². The van der Waals surface area contributed by atoms with Crippen LogP contribution >= 0.6 is 0 Å². The summed E-state index contributed by atoms with van der Waals surface area (Å²) in [4.78, 5) is 0. The molecule has 1 aromatic rings. The van der Waals surface area contributed by atoms with Crippen LogP contribution in [0.2, 0.25) is 0 Å². The molecular formula is C16H25NO. The molecular weight excluding hydrogens is 222 g/mol. The average Bonchev–Trinajstić information content (AvgIpc) is 2.35. The predicted molar refractivity (Wildman–Crippen MR) is 79.0 cm³/mol. The lowest BCUT2D eigenvalue weighted by molar-refractivity contribution is 0.242. The molecule has 0 saturated heterocycles. The standard InChI is InChI=1S/C16H25NO/c1-4-12-17-13-8-7-10-15-9-5-6-11-16(15)18-14(2)3/h5-7,9-11,14,17H,4,8,12-13H2,1-3H3. The first-order valence-corrected chi connectivity index (χ1v) is 6.87. The van der Waals surface area contributed by atoms with E-state index in [1.165, 1.54) is 6.42 Å². The Hall–Kier alpha value is -1.28. The van der Waals surface area contributed by atoms with Gasteiger partial charge < -0.3 is 10.1 Å². The fourth-order valence-electron chi connectivity index (χ4n) is 1.68. The van der Waals surface area contributed by atoms with E-state index >= 15 is 0 Å². The number of ether oxygens (including phenoxy) is 1. The zero-order valence-corrected chi connectivity index (χ0v) is 11.8. The predicted octanol–water partition coefficient (Wildman–Crippen LogP) is 3.88. The number of rotatable bonds is 8. The molecule has 0 fully saturated rings. The molecule has 100 valence electrons. The number of para-hydroxylation sites is 1. The zero-order valence-electron chi connectivity index (χ0n) is 11.8. The van der Waals surface area contributed by atoms with Crippen LogP contribution in [0.25, 0.3) is 6.08 Å². The van der Waals surface area contributed by atoms with Crippen LogP contribution in [0.1, 0.15) is 39.2 Å². The topological polar surface area (TPSA) is 21.3 Å². The molecule has 2 heteroatoms. The Bertz CT molecular complexity index is 358. The lowest BCUT2D eigenvalue weighted by Crippen LogP contribution is -2.14. The highest BCUT2D eigenvalue weighted by Crippen LogP contribution is 2.20. The summed E-state index contributed by atoms with van der Waals surface area (Å²) in [7, 11) is 0. The van der Waals surface area contributed by atoms with Gasteiger partial charge in [-0.15, -0.1) is 0 Å². The summed E-state index contributed by atoms with van der Waals surface area (Å²) in [5, 5.41) is 3.39. The Labute approximate surface area is 111 Å². The van der Waals surface area contributed by atoms with Crippen LogP contribution in [-0.4, -0.2) is 19.2 Å². The monoisotopic (exact) mass is 247 g/mol. The smallest absolute Gasteiger partial charge is 0.126 e. The summed E-state index contributed by atoms with van der Waals surface area (Å²) in [6, 6.07) is 8.17. The van der Waals surface area contributed by atoms with Crippen molar-refractivity contribution in [3.8, 4) is 5.75 Å². The molecule has 0 spiro atoms. The molecule has 1 aromatic carbocycles. The highest BCUT2D eigenvalue weighted by molar-refractivity contribution is 5.57. The summed E-state index contributed by atoms with van der Waals surface area (Å²) < 4.78 is 5.77. The maximum atomic E-state index is 5.77. The van der Waals surface area contributed by atoms with Gasteiger partial charge in [-0.2, -0.15) is 0 Å². The molecule has 0 unspecified atom stereocenters. The van der Waals surface area contributed by atoms with Crippen LogP contribution in [0.5, 0.6) is 5.75 Å². The number of hydrogen-bond acceptors (Lipinski definition) is 2. The molecule has 0 amide bonds. The van der Waals surface area contributed by atoms with E-state index in [1.54, 1.807) is 0 Å². The van der Waals surface area contributed by atoms with Crippen LogP contribution in [0, 0.1) is 0 Å². The summed E-state index contributed by atoms with van der Waals surface area (Å²) in [5.74, 6) is 0.963. The van der Waals surface area contributed by atoms with E-state index in [9.17, 15) is 0 Å². The Balaban J connectivity index is 2.47. The summed E-state index contributed by atoms with van der Waals surface area (Å²) in [6.45, 7) is 8.42. The molecule has 2 nitrogen and oxygen atoms in total. The molecule has 0 saturated carbocycles. The molecule has 0 bridgehead atoms. The molecule has 0 radical (unpaired) electrons. The largest absolute Gasteiger partial charge is 0.490 e. The highest BCUT2D eigenvalue weighted by atomic mass is 16.5. The van der Waals surface area contributed by atoms with Crippen molar-refractivity contribution in [3.63, 3.8) is 0 Å². The van der Waals surface area contributed by atoms with Crippen molar-refractivity contribution in [2.75, 3.05) is 13.1 Å². The van der Waals surface area contributed by atoms with Crippen molar-refractivity contribution < 1.29 is 4.74 Å². The summed E-state index contributed by atoms with van der Waals surface area (Å²) in [5.41, 5.74) is 1.15. The van der Waals surface area contributed by atoms with E-state index in [0.717, 1.165) is 30.8 Å². The summed E-state index contributed by atoms with van der Waals surface area (Å²) >= 11 is 0. The van der Waals surface area contributed by atoms with Crippen molar-refractivity contribution in [1.82, 2.24) is 5.32 Å². The third kappa shape index (κ3) is 5.87. The van der Waals surface area contributed by atoms with Crippen molar-refractivity contribution >= 4 is 6.08 Å². The minimum atomic E-state index is 0.214. The molecule has 0 aliphatic carbocycles. The van der Waals surface area contributed by atoms with E-state index in [4.69, 9.17) is 4.74 Å². The zero-order chi connectivity index (χ0) is 13.2.